The summed E-state index contributed by atoms with van der Waals surface area (Å²) < 4.78 is 5.14. The average molecular weight is 366 g/mol. The van der Waals surface area contributed by atoms with Gasteiger partial charge >= 0.3 is 0 Å². The highest BCUT2D eigenvalue weighted by molar-refractivity contribution is 6.00. The normalized spacial score (nSPS) is 16.7. The third-order valence-electron chi connectivity index (χ3n) is 4.99. The van der Waals surface area contributed by atoms with Gasteiger partial charge in [-0.1, -0.05) is 38.1 Å². The first-order chi connectivity index (χ1) is 13.0. The summed E-state index contributed by atoms with van der Waals surface area (Å²) in [6.45, 7) is 5.19. The largest absolute Gasteiger partial charge is 0.497 e. The van der Waals surface area contributed by atoms with Crippen LogP contribution in [-0.2, 0) is 16.1 Å². The number of hydrogen-bond acceptors (Lipinski definition) is 3. The molecule has 142 valence electrons. The van der Waals surface area contributed by atoms with Crippen LogP contribution in [0.25, 0.3) is 0 Å². The topological polar surface area (TPSA) is 58.6 Å². The van der Waals surface area contributed by atoms with Crippen molar-refractivity contribution >= 4 is 17.5 Å². The summed E-state index contributed by atoms with van der Waals surface area (Å²) in [7, 11) is 1.60. The molecule has 5 nitrogen and oxygen atoms in total. The zero-order chi connectivity index (χ0) is 19.4. The van der Waals surface area contributed by atoms with Crippen molar-refractivity contribution in [2.75, 3.05) is 18.6 Å². The van der Waals surface area contributed by atoms with Gasteiger partial charge in [0.2, 0.25) is 11.8 Å². The van der Waals surface area contributed by atoms with Crippen LogP contribution in [0.4, 0.5) is 5.69 Å². The number of anilines is 1. The highest BCUT2D eigenvalue weighted by atomic mass is 16.5. The number of amides is 2. The van der Waals surface area contributed by atoms with E-state index in [1.54, 1.807) is 12.0 Å². The molecule has 0 aromatic heterocycles. The van der Waals surface area contributed by atoms with E-state index < -0.39 is 0 Å². The molecule has 1 aliphatic heterocycles. The molecule has 1 heterocycles. The van der Waals surface area contributed by atoms with Gasteiger partial charge in [0, 0.05) is 25.2 Å². The lowest BCUT2D eigenvalue weighted by Gasteiger charge is -2.17. The Morgan fingerprint density at radius 3 is 2.41 bits per heavy atom. The maximum Gasteiger partial charge on any atom is 0.227 e. The van der Waals surface area contributed by atoms with E-state index in [2.05, 4.69) is 31.3 Å². The summed E-state index contributed by atoms with van der Waals surface area (Å²) in [6.07, 6.45) is 0.240. The maximum absolute atomic E-state index is 12.5. The second-order valence-electron chi connectivity index (χ2n) is 7.22. The van der Waals surface area contributed by atoms with Gasteiger partial charge < -0.3 is 15.0 Å². The Balaban J connectivity index is 1.56. The van der Waals surface area contributed by atoms with Crippen molar-refractivity contribution in [1.29, 1.82) is 0 Å². The van der Waals surface area contributed by atoms with Crippen molar-refractivity contribution in [3.8, 4) is 5.75 Å². The van der Waals surface area contributed by atoms with Gasteiger partial charge in [0.15, 0.2) is 0 Å². The first kappa shape index (κ1) is 19.0. The SMILES string of the molecule is COc1ccc(N2C[C@@H](C(=O)NCc3ccc(C(C)C)cc3)CC2=O)cc1. The predicted molar refractivity (Wildman–Crippen MR) is 106 cm³/mol. The summed E-state index contributed by atoms with van der Waals surface area (Å²) in [6, 6.07) is 15.6. The average Bonchev–Trinajstić information content (AvgIpc) is 3.08. The van der Waals surface area contributed by atoms with Crippen molar-refractivity contribution in [3.63, 3.8) is 0 Å². The van der Waals surface area contributed by atoms with E-state index in [1.165, 1.54) is 5.56 Å². The number of carbonyl (C=O) groups is 2. The van der Waals surface area contributed by atoms with E-state index in [9.17, 15) is 9.59 Å². The first-order valence-electron chi connectivity index (χ1n) is 9.29. The molecule has 0 bridgehead atoms. The Morgan fingerprint density at radius 2 is 1.81 bits per heavy atom. The number of hydrogen-bond donors (Lipinski definition) is 1. The number of benzene rings is 2. The summed E-state index contributed by atoms with van der Waals surface area (Å²) in [5, 5.41) is 2.96. The van der Waals surface area contributed by atoms with Gasteiger partial charge in [-0.05, 0) is 41.3 Å². The van der Waals surface area contributed by atoms with Gasteiger partial charge in [-0.3, -0.25) is 9.59 Å². The fraction of sp³-hybridized carbons (Fsp3) is 0.364. The molecule has 3 rings (SSSR count). The third kappa shape index (κ3) is 4.48. The monoisotopic (exact) mass is 366 g/mol. The molecule has 5 heteroatoms. The molecular weight excluding hydrogens is 340 g/mol. The molecule has 1 fully saturated rings. The quantitative estimate of drug-likeness (QED) is 0.851. The van der Waals surface area contributed by atoms with Crippen LogP contribution in [0.5, 0.6) is 5.75 Å². The maximum atomic E-state index is 12.5. The molecular formula is C22H26N2O3. The Morgan fingerprint density at radius 1 is 1.15 bits per heavy atom. The second kappa shape index (κ2) is 8.25. The molecule has 1 atom stereocenters. The lowest BCUT2D eigenvalue weighted by molar-refractivity contribution is -0.126. The smallest absolute Gasteiger partial charge is 0.227 e. The van der Waals surface area contributed by atoms with Crippen molar-refractivity contribution in [2.45, 2.75) is 32.7 Å². The second-order valence-corrected chi connectivity index (χ2v) is 7.22. The van der Waals surface area contributed by atoms with Gasteiger partial charge in [-0.25, -0.2) is 0 Å². The number of rotatable bonds is 6. The fourth-order valence-electron chi connectivity index (χ4n) is 3.25. The molecule has 0 unspecified atom stereocenters. The molecule has 1 saturated heterocycles. The third-order valence-corrected chi connectivity index (χ3v) is 4.99. The fourth-order valence-corrected chi connectivity index (χ4v) is 3.25. The lowest BCUT2D eigenvalue weighted by Crippen LogP contribution is -2.32. The van der Waals surface area contributed by atoms with E-state index in [-0.39, 0.29) is 24.2 Å². The van der Waals surface area contributed by atoms with E-state index in [0.717, 1.165) is 17.0 Å². The molecule has 0 spiro atoms. The van der Waals surface area contributed by atoms with Crippen LogP contribution in [0.15, 0.2) is 48.5 Å². The zero-order valence-electron chi connectivity index (χ0n) is 16.1. The first-order valence-corrected chi connectivity index (χ1v) is 9.29. The zero-order valence-corrected chi connectivity index (χ0v) is 16.1. The van der Waals surface area contributed by atoms with E-state index in [1.807, 2.05) is 36.4 Å². The lowest BCUT2D eigenvalue weighted by atomic mass is 10.0. The van der Waals surface area contributed by atoms with Crippen LogP contribution in [0.3, 0.4) is 0 Å². The Kier molecular flexibility index (Phi) is 5.79. The van der Waals surface area contributed by atoms with Crippen LogP contribution in [0.2, 0.25) is 0 Å². The van der Waals surface area contributed by atoms with Gasteiger partial charge in [0.1, 0.15) is 5.75 Å². The van der Waals surface area contributed by atoms with Crippen molar-refractivity contribution in [3.05, 3.63) is 59.7 Å². The van der Waals surface area contributed by atoms with Crippen LogP contribution >= 0.6 is 0 Å². The number of nitrogens with one attached hydrogen (secondary N) is 1. The van der Waals surface area contributed by atoms with Crippen molar-refractivity contribution in [2.24, 2.45) is 5.92 Å². The van der Waals surface area contributed by atoms with Crippen LogP contribution in [0.1, 0.15) is 37.3 Å². The highest BCUT2D eigenvalue weighted by Gasteiger charge is 2.34. The highest BCUT2D eigenvalue weighted by Crippen LogP contribution is 2.27. The summed E-state index contributed by atoms with van der Waals surface area (Å²) in [4.78, 5) is 26.5. The van der Waals surface area contributed by atoms with Gasteiger partial charge in [-0.2, -0.15) is 0 Å². The molecule has 0 aliphatic carbocycles. The summed E-state index contributed by atoms with van der Waals surface area (Å²) in [5.41, 5.74) is 3.13. The van der Waals surface area contributed by atoms with Crippen molar-refractivity contribution < 1.29 is 14.3 Å². The molecule has 2 aromatic carbocycles. The Bertz CT molecular complexity index is 797. The minimum absolute atomic E-state index is 0.0263. The predicted octanol–water partition coefficient (Wildman–Crippen LogP) is 3.49. The summed E-state index contributed by atoms with van der Waals surface area (Å²) >= 11 is 0. The minimum Gasteiger partial charge on any atom is -0.497 e. The van der Waals surface area contributed by atoms with Crippen LogP contribution in [0, 0.1) is 5.92 Å². The Hall–Kier alpha value is -2.82. The Labute approximate surface area is 160 Å². The molecule has 2 amide bonds. The number of ether oxygens (including phenoxy) is 1. The van der Waals surface area contributed by atoms with Gasteiger partial charge in [0.05, 0.1) is 13.0 Å². The molecule has 1 aliphatic rings. The van der Waals surface area contributed by atoms with E-state index in [4.69, 9.17) is 4.74 Å². The van der Waals surface area contributed by atoms with Crippen LogP contribution in [-0.4, -0.2) is 25.5 Å². The van der Waals surface area contributed by atoms with E-state index in [0.29, 0.717) is 19.0 Å². The van der Waals surface area contributed by atoms with Gasteiger partial charge in [-0.15, -0.1) is 0 Å². The molecule has 2 aromatic rings. The number of nitrogens with zero attached hydrogens (tertiary/aromatic N) is 1. The number of carbonyl (C=O) groups excluding carboxylic acids is 2. The number of methoxy groups -OCH3 is 1. The molecule has 0 radical (unpaired) electrons. The molecule has 27 heavy (non-hydrogen) atoms. The van der Waals surface area contributed by atoms with Crippen LogP contribution < -0.4 is 15.0 Å². The van der Waals surface area contributed by atoms with Crippen molar-refractivity contribution in [1.82, 2.24) is 5.32 Å². The molecule has 1 N–H and O–H groups in total. The standard InChI is InChI=1S/C22H26N2O3/c1-15(2)17-6-4-16(5-7-17)13-23-22(26)18-12-21(25)24(14-18)19-8-10-20(27-3)11-9-19/h4-11,15,18H,12-14H2,1-3H3,(H,23,26)/t18-/m0/s1. The molecule has 0 saturated carbocycles. The minimum atomic E-state index is -0.325. The van der Waals surface area contributed by atoms with E-state index >= 15 is 0 Å². The van der Waals surface area contributed by atoms with Gasteiger partial charge in [0.25, 0.3) is 0 Å². The summed E-state index contributed by atoms with van der Waals surface area (Å²) in [5.74, 6) is 0.800.